The van der Waals surface area contributed by atoms with E-state index in [0.29, 0.717) is 5.56 Å². The lowest BCUT2D eigenvalue weighted by Crippen LogP contribution is -2.11. The fourth-order valence-electron chi connectivity index (χ4n) is 1.42. The van der Waals surface area contributed by atoms with Gasteiger partial charge in [-0.3, -0.25) is 9.98 Å². The Morgan fingerprint density at radius 2 is 2.06 bits per heavy atom. The number of amidine groups is 1. The molecule has 5 nitrogen and oxygen atoms in total. The highest BCUT2D eigenvalue weighted by Gasteiger charge is 2.05. The number of aromatic nitrogens is 3. The minimum absolute atomic E-state index is 0.0255. The van der Waals surface area contributed by atoms with E-state index >= 15 is 0 Å². The molecule has 2 aromatic rings. The van der Waals surface area contributed by atoms with Crippen LogP contribution in [0.15, 0.2) is 24.7 Å². The van der Waals surface area contributed by atoms with E-state index in [0.717, 1.165) is 17.2 Å². The molecule has 5 heteroatoms. The summed E-state index contributed by atoms with van der Waals surface area (Å²) < 4.78 is 1.90. The van der Waals surface area contributed by atoms with Gasteiger partial charge in [-0.25, -0.2) is 9.97 Å². The van der Waals surface area contributed by atoms with Gasteiger partial charge >= 0.3 is 0 Å². The fourth-order valence-corrected chi connectivity index (χ4v) is 1.42. The maximum atomic E-state index is 7.28. The quantitative estimate of drug-likeness (QED) is 0.582. The van der Waals surface area contributed by atoms with Gasteiger partial charge < -0.3 is 5.73 Å². The van der Waals surface area contributed by atoms with Crippen molar-refractivity contribution in [2.75, 3.05) is 0 Å². The molecule has 0 aliphatic rings. The molecule has 0 spiro atoms. The van der Waals surface area contributed by atoms with Crippen LogP contribution in [0.5, 0.6) is 0 Å². The van der Waals surface area contributed by atoms with E-state index < -0.39 is 0 Å². The SMILES string of the molecule is Cc1ncn(-c2ccc(C(=N)N)cn2)c1C. The Morgan fingerprint density at radius 1 is 1.31 bits per heavy atom. The van der Waals surface area contributed by atoms with Gasteiger partial charge in [-0.15, -0.1) is 0 Å². The van der Waals surface area contributed by atoms with Crippen molar-refractivity contribution in [2.45, 2.75) is 13.8 Å². The van der Waals surface area contributed by atoms with Crippen LogP contribution in [-0.4, -0.2) is 20.4 Å². The zero-order valence-corrected chi connectivity index (χ0v) is 9.23. The van der Waals surface area contributed by atoms with Crippen molar-refractivity contribution in [3.05, 3.63) is 41.6 Å². The lowest BCUT2D eigenvalue weighted by molar-refractivity contribution is 0.949. The van der Waals surface area contributed by atoms with Gasteiger partial charge in [0, 0.05) is 17.5 Å². The minimum atomic E-state index is 0.0255. The van der Waals surface area contributed by atoms with Crippen LogP contribution < -0.4 is 5.73 Å². The Hall–Kier alpha value is -2.17. The van der Waals surface area contributed by atoms with Gasteiger partial charge in [0.05, 0.1) is 5.69 Å². The van der Waals surface area contributed by atoms with Crippen molar-refractivity contribution >= 4 is 5.84 Å². The number of nitrogen functional groups attached to an aromatic ring is 1. The number of hydrogen-bond donors (Lipinski definition) is 2. The topological polar surface area (TPSA) is 80.6 Å². The average Bonchev–Trinajstić information content (AvgIpc) is 2.60. The van der Waals surface area contributed by atoms with Crippen LogP contribution in [0.3, 0.4) is 0 Å². The number of nitrogens with one attached hydrogen (secondary N) is 1. The van der Waals surface area contributed by atoms with Gasteiger partial charge in [0.2, 0.25) is 0 Å². The molecule has 0 aromatic carbocycles. The second kappa shape index (κ2) is 3.77. The zero-order chi connectivity index (χ0) is 11.7. The summed E-state index contributed by atoms with van der Waals surface area (Å²) >= 11 is 0. The van der Waals surface area contributed by atoms with Crippen LogP contribution in [0.1, 0.15) is 17.0 Å². The van der Waals surface area contributed by atoms with Crippen LogP contribution in [0.25, 0.3) is 5.82 Å². The third kappa shape index (κ3) is 1.67. The number of aryl methyl sites for hydroxylation is 1. The Labute approximate surface area is 93.5 Å². The number of imidazole rings is 1. The first-order chi connectivity index (χ1) is 7.59. The molecule has 2 aromatic heterocycles. The van der Waals surface area contributed by atoms with E-state index in [9.17, 15) is 0 Å². The summed E-state index contributed by atoms with van der Waals surface area (Å²) in [6.07, 6.45) is 3.33. The summed E-state index contributed by atoms with van der Waals surface area (Å²) in [6.45, 7) is 3.94. The van der Waals surface area contributed by atoms with Crippen molar-refractivity contribution in [2.24, 2.45) is 5.73 Å². The van der Waals surface area contributed by atoms with Crippen molar-refractivity contribution in [1.29, 1.82) is 5.41 Å². The molecule has 0 aliphatic carbocycles. The number of hydrogen-bond acceptors (Lipinski definition) is 3. The largest absolute Gasteiger partial charge is 0.384 e. The summed E-state index contributed by atoms with van der Waals surface area (Å²) in [5.74, 6) is 0.806. The Morgan fingerprint density at radius 3 is 2.50 bits per heavy atom. The molecular formula is C11H13N5. The lowest BCUT2D eigenvalue weighted by atomic mass is 10.2. The molecule has 2 heterocycles. The van der Waals surface area contributed by atoms with E-state index in [-0.39, 0.29) is 5.84 Å². The third-order valence-electron chi connectivity index (χ3n) is 2.56. The average molecular weight is 215 g/mol. The summed E-state index contributed by atoms with van der Waals surface area (Å²) in [5, 5.41) is 7.28. The first-order valence-electron chi connectivity index (χ1n) is 4.91. The minimum Gasteiger partial charge on any atom is -0.384 e. The van der Waals surface area contributed by atoms with Crippen LogP contribution >= 0.6 is 0 Å². The smallest absolute Gasteiger partial charge is 0.138 e. The number of pyridine rings is 1. The summed E-state index contributed by atoms with van der Waals surface area (Å²) in [4.78, 5) is 8.45. The van der Waals surface area contributed by atoms with Gasteiger partial charge in [-0.1, -0.05) is 0 Å². The molecule has 2 rings (SSSR count). The first-order valence-corrected chi connectivity index (χ1v) is 4.91. The summed E-state index contributed by atoms with van der Waals surface area (Å²) in [7, 11) is 0. The summed E-state index contributed by atoms with van der Waals surface area (Å²) in [6, 6.07) is 3.60. The normalized spacial score (nSPS) is 10.4. The van der Waals surface area contributed by atoms with Gasteiger partial charge in [0.1, 0.15) is 18.0 Å². The molecule has 0 saturated heterocycles. The van der Waals surface area contributed by atoms with E-state index in [4.69, 9.17) is 11.1 Å². The molecular weight excluding hydrogens is 202 g/mol. The van der Waals surface area contributed by atoms with Crippen LogP contribution in [0.2, 0.25) is 0 Å². The van der Waals surface area contributed by atoms with Gasteiger partial charge in [0.25, 0.3) is 0 Å². The Kier molecular flexibility index (Phi) is 2.44. The Balaban J connectivity index is 2.42. The van der Waals surface area contributed by atoms with E-state index in [2.05, 4.69) is 9.97 Å². The summed E-state index contributed by atoms with van der Waals surface area (Å²) in [5.41, 5.74) is 8.03. The number of rotatable bonds is 2. The highest BCUT2D eigenvalue weighted by molar-refractivity contribution is 5.94. The van der Waals surface area contributed by atoms with E-state index in [1.165, 1.54) is 0 Å². The standard InChI is InChI=1S/C11H13N5/c1-7-8(2)16(6-15-7)10-4-3-9(5-14-10)11(12)13/h3-6H,1-2H3,(H3,12,13). The van der Waals surface area contributed by atoms with E-state index in [1.54, 1.807) is 18.6 Å². The van der Waals surface area contributed by atoms with Gasteiger partial charge in [0.15, 0.2) is 0 Å². The molecule has 0 amide bonds. The predicted octanol–water partition coefficient (Wildman–Crippen LogP) is 1.17. The van der Waals surface area contributed by atoms with Crippen LogP contribution in [0, 0.1) is 19.3 Å². The van der Waals surface area contributed by atoms with Crippen LogP contribution in [0.4, 0.5) is 0 Å². The highest BCUT2D eigenvalue weighted by atomic mass is 15.1. The maximum Gasteiger partial charge on any atom is 0.138 e. The Bertz CT molecular complexity index is 524. The molecule has 3 N–H and O–H groups in total. The zero-order valence-electron chi connectivity index (χ0n) is 9.23. The monoisotopic (exact) mass is 215 g/mol. The molecule has 0 fully saturated rings. The highest BCUT2D eigenvalue weighted by Crippen LogP contribution is 2.11. The molecule has 0 unspecified atom stereocenters. The van der Waals surface area contributed by atoms with E-state index in [1.807, 2.05) is 24.5 Å². The van der Waals surface area contributed by atoms with Gasteiger partial charge in [-0.2, -0.15) is 0 Å². The molecule has 16 heavy (non-hydrogen) atoms. The molecule has 0 saturated carbocycles. The molecule has 0 aliphatic heterocycles. The number of nitrogens with two attached hydrogens (primary N) is 1. The lowest BCUT2D eigenvalue weighted by Gasteiger charge is -2.05. The van der Waals surface area contributed by atoms with Crippen molar-refractivity contribution < 1.29 is 0 Å². The van der Waals surface area contributed by atoms with Crippen molar-refractivity contribution in [1.82, 2.24) is 14.5 Å². The van der Waals surface area contributed by atoms with Crippen LogP contribution in [-0.2, 0) is 0 Å². The molecule has 0 bridgehead atoms. The maximum absolute atomic E-state index is 7.28. The molecule has 0 atom stereocenters. The van der Waals surface area contributed by atoms with Gasteiger partial charge in [-0.05, 0) is 26.0 Å². The fraction of sp³-hybridized carbons (Fsp3) is 0.182. The van der Waals surface area contributed by atoms with Crippen molar-refractivity contribution in [3.8, 4) is 5.82 Å². The number of nitrogens with zero attached hydrogens (tertiary/aromatic N) is 3. The second-order valence-corrected chi connectivity index (χ2v) is 3.60. The molecule has 0 radical (unpaired) electrons. The third-order valence-corrected chi connectivity index (χ3v) is 2.56. The first kappa shape index (κ1) is 10.4. The predicted molar refractivity (Wildman–Crippen MR) is 61.8 cm³/mol. The molecule has 82 valence electrons. The second-order valence-electron chi connectivity index (χ2n) is 3.60. The van der Waals surface area contributed by atoms with Crippen molar-refractivity contribution in [3.63, 3.8) is 0 Å².